The Morgan fingerprint density at radius 2 is 2.33 bits per heavy atom. The molecular formula is C10H8BrNOS2. The molecule has 0 unspecified atom stereocenters. The Morgan fingerprint density at radius 3 is 3.00 bits per heavy atom. The van der Waals surface area contributed by atoms with Crippen LogP contribution in [0.5, 0.6) is 0 Å². The number of aromatic nitrogens is 1. The van der Waals surface area contributed by atoms with Gasteiger partial charge < -0.3 is 4.79 Å². The summed E-state index contributed by atoms with van der Waals surface area (Å²) in [5.74, 6) is 0. The largest absolute Gasteiger partial charge is 0.303 e. The summed E-state index contributed by atoms with van der Waals surface area (Å²) in [6.45, 7) is 0. The molecule has 0 atom stereocenters. The van der Waals surface area contributed by atoms with Gasteiger partial charge in [0.2, 0.25) is 0 Å². The first kappa shape index (κ1) is 11.0. The molecule has 0 spiro atoms. The van der Waals surface area contributed by atoms with Crippen LogP contribution in [0.15, 0.2) is 21.3 Å². The number of carbonyl (C=O) groups is 1. The predicted molar refractivity (Wildman–Crippen MR) is 67.5 cm³/mol. The summed E-state index contributed by atoms with van der Waals surface area (Å²) < 4.78 is 1.11. The van der Waals surface area contributed by atoms with E-state index in [4.69, 9.17) is 0 Å². The number of aldehydes is 1. The second-order valence-electron chi connectivity index (χ2n) is 2.94. The average molecular weight is 302 g/mol. The Labute approximate surface area is 104 Å². The van der Waals surface area contributed by atoms with Crippen LogP contribution in [0.4, 0.5) is 0 Å². The number of thiazole rings is 1. The lowest BCUT2D eigenvalue weighted by Crippen LogP contribution is -1.84. The predicted octanol–water partition coefficient (Wildman–Crippen LogP) is 3.77. The molecule has 2 aromatic heterocycles. The van der Waals surface area contributed by atoms with Crippen LogP contribution in [0.25, 0.3) is 10.6 Å². The normalized spacial score (nSPS) is 10.5. The van der Waals surface area contributed by atoms with Crippen LogP contribution in [0.1, 0.15) is 11.4 Å². The molecule has 0 aliphatic rings. The molecule has 2 rings (SSSR count). The molecule has 5 heteroatoms. The highest BCUT2D eigenvalue weighted by Gasteiger charge is 2.06. The van der Waals surface area contributed by atoms with Crippen molar-refractivity contribution in [1.82, 2.24) is 4.98 Å². The number of hydrogen-bond acceptors (Lipinski definition) is 4. The second kappa shape index (κ2) is 5.01. The first-order chi connectivity index (χ1) is 7.29. The number of rotatable bonds is 4. The molecule has 2 heterocycles. The SMILES string of the molecule is O=CCCc1nc(-c2ccc(Br)s2)cs1. The van der Waals surface area contributed by atoms with Crippen molar-refractivity contribution < 1.29 is 4.79 Å². The van der Waals surface area contributed by atoms with Crippen LogP contribution < -0.4 is 0 Å². The number of carbonyl (C=O) groups excluding carboxylic acids is 1. The van der Waals surface area contributed by atoms with Gasteiger partial charge in [0.05, 0.1) is 19.4 Å². The maximum atomic E-state index is 10.2. The summed E-state index contributed by atoms with van der Waals surface area (Å²) in [6.07, 6.45) is 2.24. The van der Waals surface area contributed by atoms with E-state index in [2.05, 4.69) is 20.9 Å². The van der Waals surface area contributed by atoms with E-state index in [0.717, 1.165) is 32.1 Å². The number of thiophene rings is 1. The van der Waals surface area contributed by atoms with Gasteiger partial charge in [0.25, 0.3) is 0 Å². The summed E-state index contributed by atoms with van der Waals surface area (Å²) >= 11 is 6.71. The molecule has 78 valence electrons. The topological polar surface area (TPSA) is 30.0 Å². The minimum atomic E-state index is 0.557. The first-order valence-corrected chi connectivity index (χ1v) is 6.92. The van der Waals surface area contributed by atoms with E-state index in [1.807, 2.05) is 17.5 Å². The molecule has 0 bridgehead atoms. The van der Waals surface area contributed by atoms with Crippen LogP contribution in [-0.4, -0.2) is 11.3 Å². The molecule has 0 aliphatic heterocycles. The highest BCUT2D eigenvalue weighted by atomic mass is 79.9. The van der Waals surface area contributed by atoms with Gasteiger partial charge in [-0.15, -0.1) is 22.7 Å². The van der Waals surface area contributed by atoms with Crippen molar-refractivity contribution in [1.29, 1.82) is 0 Å². The zero-order valence-corrected chi connectivity index (χ0v) is 11.0. The fourth-order valence-electron chi connectivity index (χ4n) is 1.17. The Bertz CT molecular complexity index is 463. The Hall–Kier alpha value is -0.520. The van der Waals surface area contributed by atoms with E-state index in [1.165, 1.54) is 0 Å². The highest BCUT2D eigenvalue weighted by molar-refractivity contribution is 9.11. The van der Waals surface area contributed by atoms with Crippen molar-refractivity contribution in [2.45, 2.75) is 12.8 Å². The standard InChI is InChI=1S/C10H8BrNOS2/c11-9-4-3-8(15-9)7-6-14-10(12-7)2-1-5-13/h3-6H,1-2H2. The van der Waals surface area contributed by atoms with Crippen LogP contribution in [-0.2, 0) is 11.2 Å². The molecule has 2 aromatic rings. The molecule has 0 aliphatic carbocycles. The van der Waals surface area contributed by atoms with Gasteiger partial charge in [-0.2, -0.15) is 0 Å². The fraction of sp³-hybridized carbons (Fsp3) is 0.200. The summed E-state index contributed by atoms with van der Waals surface area (Å²) in [5, 5.41) is 3.07. The van der Waals surface area contributed by atoms with Gasteiger partial charge in [-0.05, 0) is 28.1 Å². The fourth-order valence-corrected chi connectivity index (χ4v) is 3.41. The number of halogens is 1. The summed E-state index contributed by atoms with van der Waals surface area (Å²) in [6, 6.07) is 4.07. The van der Waals surface area contributed by atoms with Gasteiger partial charge in [-0.1, -0.05) is 0 Å². The Kier molecular flexibility index (Phi) is 3.66. The summed E-state index contributed by atoms with van der Waals surface area (Å²) in [5.41, 5.74) is 1.01. The van der Waals surface area contributed by atoms with Crippen molar-refractivity contribution in [2.24, 2.45) is 0 Å². The minimum absolute atomic E-state index is 0.557. The van der Waals surface area contributed by atoms with Gasteiger partial charge in [0.15, 0.2) is 0 Å². The second-order valence-corrected chi connectivity index (χ2v) is 6.34. The molecule has 0 radical (unpaired) electrons. The maximum absolute atomic E-state index is 10.2. The molecule has 0 fully saturated rings. The Balaban J connectivity index is 2.16. The van der Waals surface area contributed by atoms with Gasteiger partial charge in [0.1, 0.15) is 6.29 Å². The van der Waals surface area contributed by atoms with E-state index in [9.17, 15) is 4.79 Å². The zero-order valence-electron chi connectivity index (χ0n) is 7.77. The third-order valence-electron chi connectivity index (χ3n) is 1.85. The lowest BCUT2D eigenvalue weighted by molar-refractivity contribution is -0.107. The molecule has 0 saturated carbocycles. The monoisotopic (exact) mass is 301 g/mol. The van der Waals surface area contributed by atoms with E-state index in [1.54, 1.807) is 22.7 Å². The molecule has 15 heavy (non-hydrogen) atoms. The van der Waals surface area contributed by atoms with E-state index >= 15 is 0 Å². The van der Waals surface area contributed by atoms with E-state index < -0.39 is 0 Å². The summed E-state index contributed by atoms with van der Waals surface area (Å²) in [4.78, 5) is 15.9. The molecule has 2 nitrogen and oxygen atoms in total. The highest BCUT2D eigenvalue weighted by Crippen LogP contribution is 2.31. The zero-order chi connectivity index (χ0) is 10.7. The lowest BCUT2D eigenvalue weighted by atomic mass is 10.3. The van der Waals surface area contributed by atoms with Gasteiger partial charge in [-0.25, -0.2) is 4.98 Å². The van der Waals surface area contributed by atoms with Gasteiger partial charge in [-0.3, -0.25) is 0 Å². The molecule has 0 amide bonds. The molecule has 0 saturated heterocycles. The number of hydrogen-bond donors (Lipinski definition) is 0. The molecule has 0 aromatic carbocycles. The molecule has 0 N–H and O–H groups in total. The van der Waals surface area contributed by atoms with Crippen molar-refractivity contribution in [3.8, 4) is 10.6 Å². The van der Waals surface area contributed by atoms with Crippen LogP contribution in [0.3, 0.4) is 0 Å². The first-order valence-electron chi connectivity index (χ1n) is 4.43. The molecular weight excluding hydrogens is 294 g/mol. The van der Waals surface area contributed by atoms with Crippen LogP contribution in [0.2, 0.25) is 0 Å². The third-order valence-corrected chi connectivity index (χ3v) is 4.41. The lowest BCUT2D eigenvalue weighted by Gasteiger charge is -1.89. The number of aryl methyl sites for hydroxylation is 1. The smallest absolute Gasteiger partial charge is 0.120 e. The van der Waals surface area contributed by atoms with Gasteiger partial charge >= 0.3 is 0 Å². The minimum Gasteiger partial charge on any atom is -0.303 e. The van der Waals surface area contributed by atoms with Crippen molar-refractivity contribution >= 4 is 44.9 Å². The van der Waals surface area contributed by atoms with Crippen LogP contribution in [0, 0.1) is 0 Å². The average Bonchev–Trinajstić information content (AvgIpc) is 2.83. The number of nitrogens with zero attached hydrogens (tertiary/aromatic N) is 1. The van der Waals surface area contributed by atoms with Crippen molar-refractivity contribution in [3.05, 3.63) is 26.3 Å². The van der Waals surface area contributed by atoms with Crippen LogP contribution >= 0.6 is 38.6 Å². The maximum Gasteiger partial charge on any atom is 0.120 e. The summed E-state index contributed by atoms with van der Waals surface area (Å²) in [7, 11) is 0. The van der Waals surface area contributed by atoms with E-state index in [0.29, 0.717) is 6.42 Å². The van der Waals surface area contributed by atoms with Crippen molar-refractivity contribution in [3.63, 3.8) is 0 Å². The Morgan fingerprint density at radius 1 is 1.47 bits per heavy atom. The third kappa shape index (κ3) is 2.74. The van der Waals surface area contributed by atoms with Crippen molar-refractivity contribution in [2.75, 3.05) is 0 Å². The van der Waals surface area contributed by atoms with Gasteiger partial charge in [0, 0.05) is 18.2 Å². The van der Waals surface area contributed by atoms with E-state index in [-0.39, 0.29) is 0 Å². The quantitative estimate of drug-likeness (QED) is 0.805.